The van der Waals surface area contributed by atoms with E-state index >= 15 is 0 Å². The van der Waals surface area contributed by atoms with Crippen molar-refractivity contribution >= 4 is 29.2 Å². The third-order valence-electron chi connectivity index (χ3n) is 2.97. The van der Waals surface area contributed by atoms with E-state index in [0.717, 1.165) is 5.56 Å². The van der Waals surface area contributed by atoms with Crippen molar-refractivity contribution < 1.29 is 14.3 Å². The molecule has 2 rings (SSSR count). The summed E-state index contributed by atoms with van der Waals surface area (Å²) in [5, 5.41) is 10.1. The maximum absolute atomic E-state index is 13.2. The monoisotopic (exact) mass is 312 g/mol. The van der Waals surface area contributed by atoms with Gasteiger partial charge in [0.05, 0.1) is 16.0 Å². The minimum Gasteiger partial charge on any atom is -0.481 e. The molecule has 0 aromatic heterocycles. The number of carbonyl (C=O) groups is 1. The zero-order valence-corrected chi connectivity index (χ0v) is 11.8. The Hall–Kier alpha value is -1.58. The molecule has 0 saturated heterocycles. The van der Waals surface area contributed by atoms with E-state index in [-0.39, 0.29) is 6.42 Å². The van der Waals surface area contributed by atoms with Gasteiger partial charge in [-0.2, -0.15) is 0 Å². The van der Waals surface area contributed by atoms with Gasteiger partial charge in [0.15, 0.2) is 0 Å². The van der Waals surface area contributed by atoms with Gasteiger partial charge in [0.2, 0.25) is 0 Å². The topological polar surface area (TPSA) is 37.3 Å². The van der Waals surface area contributed by atoms with Crippen LogP contribution in [0.2, 0.25) is 10.0 Å². The smallest absolute Gasteiger partial charge is 0.311 e. The van der Waals surface area contributed by atoms with E-state index < -0.39 is 17.7 Å². The maximum Gasteiger partial charge on any atom is 0.311 e. The van der Waals surface area contributed by atoms with Crippen LogP contribution in [0.3, 0.4) is 0 Å². The van der Waals surface area contributed by atoms with E-state index in [9.17, 15) is 14.3 Å². The predicted molar refractivity (Wildman–Crippen MR) is 76.9 cm³/mol. The molecule has 0 aliphatic carbocycles. The van der Waals surface area contributed by atoms with Gasteiger partial charge in [0, 0.05) is 0 Å². The number of hydrogen-bond acceptors (Lipinski definition) is 1. The minimum atomic E-state index is -1.01. The minimum absolute atomic E-state index is 0.218. The maximum atomic E-state index is 13.2. The lowest BCUT2D eigenvalue weighted by Crippen LogP contribution is -2.14. The van der Waals surface area contributed by atoms with E-state index in [1.165, 1.54) is 18.2 Å². The zero-order chi connectivity index (χ0) is 14.7. The SMILES string of the molecule is O=C(O)C(Cc1ccc(Cl)c(Cl)c1)c1cccc(F)c1. The first-order valence-corrected chi connectivity index (χ1v) is 6.65. The van der Waals surface area contributed by atoms with Crippen molar-refractivity contribution in [3.63, 3.8) is 0 Å². The van der Waals surface area contributed by atoms with Gasteiger partial charge >= 0.3 is 5.97 Å². The number of hydrogen-bond donors (Lipinski definition) is 1. The fraction of sp³-hybridized carbons (Fsp3) is 0.133. The Balaban J connectivity index is 2.30. The van der Waals surface area contributed by atoms with Gasteiger partial charge in [-0.05, 0) is 41.8 Å². The molecule has 1 unspecified atom stereocenters. The van der Waals surface area contributed by atoms with Crippen molar-refractivity contribution in [2.75, 3.05) is 0 Å². The van der Waals surface area contributed by atoms with Crippen LogP contribution in [0.1, 0.15) is 17.0 Å². The van der Waals surface area contributed by atoms with Crippen LogP contribution < -0.4 is 0 Å². The van der Waals surface area contributed by atoms with Crippen molar-refractivity contribution in [1.29, 1.82) is 0 Å². The van der Waals surface area contributed by atoms with Gasteiger partial charge in [-0.15, -0.1) is 0 Å². The van der Waals surface area contributed by atoms with Gasteiger partial charge in [-0.3, -0.25) is 4.79 Å². The van der Waals surface area contributed by atoms with Gasteiger partial charge in [0.25, 0.3) is 0 Å². The standard InChI is InChI=1S/C15H11Cl2FO2/c16-13-5-4-9(7-14(13)17)6-12(15(19)20)10-2-1-3-11(18)8-10/h1-5,7-8,12H,6H2,(H,19,20). The highest BCUT2D eigenvalue weighted by atomic mass is 35.5. The Kier molecular flexibility index (Phi) is 4.63. The second-order valence-corrected chi connectivity index (χ2v) is 5.21. The molecule has 0 fully saturated rings. The Morgan fingerprint density at radius 1 is 1.15 bits per heavy atom. The van der Waals surface area contributed by atoms with Gasteiger partial charge in [0.1, 0.15) is 5.82 Å². The number of benzene rings is 2. The molecule has 5 heteroatoms. The average Bonchev–Trinajstić information content (AvgIpc) is 2.39. The van der Waals surface area contributed by atoms with Crippen molar-refractivity contribution in [1.82, 2.24) is 0 Å². The molecular formula is C15H11Cl2FO2. The number of rotatable bonds is 4. The quantitative estimate of drug-likeness (QED) is 0.899. The Morgan fingerprint density at radius 3 is 2.50 bits per heavy atom. The molecule has 2 aromatic rings. The van der Waals surface area contributed by atoms with Crippen LogP contribution in [0.4, 0.5) is 4.39 Å². The summed E-state index contributed by atoms with van der Waals surface area (Å²) in [4.78, 5) is 11.4. The first kappa shape index (κ1) is 14.8. The highest BCUT2D eigenvalue weighted by molar-refractivity contribution is 6.42. The highest BCUT2D eigenvalue weighted by Crippen LogP contribution is 2.27. The third kappa shape index (κ3) is 3.50. The van der Waals surface area contributed by atoms with E-state index in [1.54, 1.807) is 24.3 Å². The van der Waals surface area contributed by atoms with Crippen molar-refractivity contribution in [2.24, 2.45) is 0 Å². The van der Waals surface area contributed by atoms with Gasteiger partial charge < -0.3 is 5.11 Å². The molecule has 0 spiro atoms. The van der Waals surface area contributed by atoms with Crippen molar-refractivity contribution in [3.8, 4) is 0 Å². The molecular weight excluding hydrogens is 302 g/mol. The summed E-state index contributed by atoms with van der Waals surface area (Å²) in [7, 11) is 0. The van der Waals surface area contributed by atoms with Gasteiger partial charge in [-0.25, -0.2) is 4.39 Å². The molecule has 20 heavy (non-hydrogen) atoms. The molecule has 0 amide bonds. The second-order valence-electron chi connectivity index (χ2n) is 4.40. The molecule has 0 heterocycles. The van der Waals surface area contributed by atoms with E-state index in [0.29, 0.717) is 15.6 Å². The molecule has 104 valence electrons. The summed E-state index contributed by atoms with van der Waals surface area (Å²) in [6.45, 7) is 0. The Morgan fingerprint density at radius 2 is 1.90 bits per heavy atom. The fourth-order valence-electron chi connectivity index (χ4n) is 1.97. The van der Waals surface area contributed by atoms with E-state index in [4.69, 9.17) is 23.2 Å². The molecule has 0 bridgehead atoms. The lowest BCUT2D eigenvalue weighted by molar-refractivity contribution is -0.138. The molecule has 1 atom stereocenters. The number of halogens is 3. The second kappa shape index (κ2) is 6.25. The van der Waals surface area contributed by atoms with Gasteiger partial charge in [-0.1, -0.05) is 41.4 Å². The lowest BCUT2D eigenvalue weighted by atomic mass is 9.92. The highest BCUT2D eigenvalue weighted by Gasteiger charge is 2.21. The van der Waals surface area contributed by atoms with E-state index in [2.05, 4.69) is 0 Å². The number of aliphatic carboxylic acids is 1. The Bertz CT molecular complexity index is 644. The predicted octanol–water partition coefficient (Wildman–Crippen LogP) is 4.54. The summed E-state index contributed by atoms with van der Waals surface area (Å²) in [5.41, 5.74) is 1.15. The molecule has 0 aliphatic heterocycles. The van der Waals surface area contributed by atoms with Crippen LogP contribution in [0.15, 0.2) is 42.5 Å². The van der Waals surface area contributed by atoms with Crippen molar-refractivity contribution in [3.05, 3.63) is 69.5 Å². The van der Waals surface area contributed by atoms with Crippen LogP contribution in [-0.2, 0) is 11.2 Å². The largest absolute Gasteiger partial charge is 0.481 e. The van der Waals surface area contributed by atoms with Crippen LogP contribution in [0, 0.1) is 5.82 Å². The number of carboxylic acids is 1. The van der Waals surface area contributed by atoms with E-state index in [1.807, 2.05) is 0 Å². The summed E-state index contributed by atoms with van der Waals surface area (Å²) < 4.78 is 13.2. The summed E-state index contributed by atoms with van der Waals surface area (Å²) >= 11 is 11.7. The summed E-state index contributed by atoms with van der Waals surface area (Å²) in [6, 6.07) is 10.6. The first-order chi connectivity index (χ1) is 9.47. The normalized spacial score (nSPS) is 12.2. The molecule has 1 N–H and O–H groups in total. The average molecular weight is 313 g/mol. The molecule has 2 aromatic carbocycles. The molecule has 0 radical (unpaired) electrons. The molecule has 2 nitrogen and oxygen atoms in total. The fourth-order valence-corrected chi connectivity index (χ4v) is 2.29. The Labute approximate surface area is 125 Å². The number of carboxylic acid groups (broad SMARTS) is 1. The molecule has 0 aliphatic rings. The third-order valence-corrected chi connectivity index (χ3v) is 3.71. The summed E-state index contributed by atoms with van der Waals surface area (Å²) in [5.74, 6) is -2.30. The van der Waals surface area contributed by atoms with Crippen LogP contribution in [-0.4, -0.2) is 11.1 Å². The summed E-state index contributed by atoms with van der Waals surface area (Å²) in [6.07, 6.45) is 0.218. The molecule has 0 saturated carbocycles. The first-order valence-electron chi connectivity index (χ1n) is 5.89. The zero-order valence-electron chi connectivity index (χ0n) is 10.3. The van der Waals surface area contributed by atoms with Crippen LogP contribution in [0.5, 0.6) is 0 Å². The van der Waals surface area contributed by atoms with Crippen LogP contribution >= 0.6 is 23.2 Å². The van der Waals surface area contributed by atoms with Crippen molar-refractivity contribution in [2.45, 2.75) is 12.3 Å². The lowest BCUT2D eigenvalue weighted by Gasteiger charge is -2.13. The van der Waals surface area contributed by atoms with Crippen LogP contribution in [0.25, 0.3) is 0 Å².